The van der Waals surface area contributed by atoms with Crippen molar-refractivity contribution in [3.05, 3.63) is 54.1 Å². The molecule has 1 aromatic carbocycles. The van der Waals surface area contributed by atoms with Gasteiger partial charge in [0.25, 0.3) is 5.92 Å². The first-order chi connectivity index (χ1) is 12.5. The number of fused-ring (bicyclic) bond motifs is 1. The highest BCUT2D eigenvalue weighted by Crippen LogP contribution is 2.33. The number of benzene rings is 1. The SMILES string of the molecule is Fc1ccc(CNc2nc(N3CCC(F)(F)C3)c3ccccc3n2)cn1. The maximum Gasteiger partial charge on any atom is 0.266 e. The maximum atomic E-state index is 13.6. The van der Waals surface area contributed by atoms with E-state index in [0.29, 0.717) is 23.8 Å². The molecule has 0 unspecified atom stereocenters. The lowest BCUT2D eigenvalue weighted by atomic mass is 10.2. The molecule has 0 saturated carbocycles. The van der Waals surface area contributed by atoms with Crippen LogP contribution in [0.25, 0.3) is 10.9 Å². The number of nitrogens with zero attached hydrogens (tertiary/aromatic N) is 4. The van der Waals surface area contributed by atoms with Crippen LogP contribution in [0.2, 0.25) is 0 Å². The number of alkyl halides is 2. The summed E-state index contributed by atoms with van der Waals surface area (Å²) in [6, 6.07) is 10.2. The zero-order valence-electron chi connectivity index (χ0n) is 13.8. The molecule has 0 aliphatic carbocycles. The smallest absolute Gasteiger partial charge is 0.266 e. The van der Waals surface area contributed by atoms with Crippen molar-refractivity contribution in [2.75, 3.05) is 23.3 Å². The van der Waals surface area contributed by atoms with Gasteiger partial charge in [-0.25, -0.2) is 18.7 Å². The number of aromatic nitrogens is 3. The van der Waals surface area contributed by atoms with Crippen LogP contribution in [0.4, 0.5) is 24.9 Å². The molecule has 0 spiro atoms. The molecule has 3 heterocycles. The number of hydrogen-bond donors (Lipinski definition) is 1. The summed E-state index contributed by atoms with van der Waals surface area (Å²) >= 11 is 0. The second kappa shape index (κ2) is 6.44. The Hall–Kier alpha value is -2.90. The lowest BCUT2D eigenvalue weighted by Gasteiger charge is -2.20. The summed E-state index contributed by atoms with van der Waals surface area (Å²) in [6.07, 6.45) is 1.24. The van der Waals surface area contributed by atoms with E-state index in [1.807, 2.05) is 24.3 Å². The van der Waals surface area contributed by atoms with E-state index in [9.17, 15) is 13.2 Å². The van der Waals surface area contributed by atoms with Crippen molar-refractivity contribution in [3.63, 3.8) is 0 Å². The molecular formula is C18H16F3N5. The van der Waals surface area contributed by atoms with Gasteiger partial charge in [-0.2, -0.15) is 9.37 Å². The van der Waals surface area contributed by atoms with Crippen molar-refractivity contribution in [2.45, 2.75) is 18.9 Å². The fourth-order valence-corrected chi connectivity index (χ4v) is 2.99. The first-order valence-corrected chi connectivity index (χ1v) is 8.24. The van der Waals surface area contributed by atoms with Crippen LogP contribution in [0, 0.1) is 5.95 Å². The first kappa shape index (κ1) is 16.6. The van der Waals surface area contributed by atoms with Crippen LogP contribution in [0.5, 0.6) is 0 Å². The molecule has 26 heavy (non-hydrogen) atoms. The van der Waals surface area contributed by atoms with Gasteiger partial charge in [0.2, 0.25) is 11.9 Å². The molecule has 8 heteroatoms. The summed E-state index contributed by atoms with van der Waals surface area (Å²) in [5.74, 6) is -2.43. The number of anilines is 2. The van der Waals surface area contributed by atoms with Gasteiger partial charge in [0.1, 0.15) is 5.82 Å². The maximum absolute atomic E-state index is 13.6. The van der Waals surface area contributed by atoms with E-state index in [1.165, 1.54) is 12.3 Å². The monoisotopic (exact) mass is 359 g/mol. The fraction of sp³-hybridized carbons (Fsp3) is 0.278. The van der Waals surface area contributed by atoms with Crippen molar-refractivity contribution < 1.29 is 13.2 Å². The van der Waals surface area contributed by atoms with Crippen molar-refractivity contribution in [3.8, 4) is 0 Å². The molecule has 4 rings (SSSR count). The molecule has 134 valence electrons. The Morgan fingerprint density at radius 1 is 1.12 bits per heavy atom. The number of nitrogens with one attached hydrogen (secondary N) is 1. The molecule has 1 N–H and O–H groups in total. The highest BCUT2D eigenvalue weighted by molar-refractivity contribution is 5.90. The Bertz CT molecular complexity index is 930. The van der Waals surface area contributed by atoms with Crippen molar-refractivity contribution in [2.24, 2.45) is 0 Å². The van der Waals surface area contributed by atoms with Crippen molar-refractivity contribution in [1.82, 2.24) is 15.0 Å². The highest BCUT2D eigenvalue weighted by Gasteiger charge is 2.39. The zero-order valence-corrected chi connectivity index (χ0v) is 13.8. The largest absolute Gasteiger partial charge is 0.350 e. The number of halogens is 3. The fourth-order valence-electron chi connectivity index (χ4n) is 2.99. The van der Waals surface area contributed by atoms with E-state index in [-0.39, 0.29) is 19.5 Å². The second-order valence-electron chi connectivity index (χ2n) is 6.26. The molecule has 0 radical (unpaired) electrons. The molecule has 1 aliphatic rings. The van der Waals surface area contributed by atoms with Crippen LogP contribution in [0.1, 0.15) is 12.0 Å². The normalized spacial score (nSPS) is 16.2. The van der Waals surface area contributed by atoms with Gasteiger partial charge in [0, 0.05) is 31.1 Å². The summed E-state index contributed by atoms with van der Waals surface area (Å²) in [6.45, 7) is 0.242. The van der Waals surface area contributed by atoms with Gasteiger partial charge < -0.3 is 10.2 Å². The lowest BCUT2D eigenvalue weighted by Crippen LogP contribution is -2.26. The predicted molar refractivity (Wildman–Crippen MR) is 92.8 cm³/mol. The van der Waals surface area contributed by atoms with Crippen LogP contribution < -0.4 is 10.2 Å². The molecule has 0 bridgehead atoms. The van der Waals surface area contributed by atoms with E-state index in [4.69, 9.17) is 0 Å². The molecule has 5 nitrogen and oxygen atoms in total. The third-order valence-corrected chi connectivity index (χ3v) is 4.29. The summed E-state index contributed by atoms with van der Waals surface area (Å²) in [5.41, 5.74) is 1.44. The molecule has 1 aliphatic heterocycles. The van der Waals surface area contributed by atoms with E-state index in [0.717, 1.165) is 10.9 Å². The zero-order chi connectivity index (χ0) is 18.1. The van der Waals surface area contributed by atoms with Gasteiger partial charge >= 0.3 is 0 Å². The molecule has 0 atom stereocenters. The Morgan fingerprint density at radius 3 is 2.69 bits per heavy atom. The highest BCUT2D eigenvalue weighted by atomic mass is 19.3. The number of pyridine rings is 1. The van der Waals surface area contributed by atoms with E-state index < -0.39 is 11.9 Å². The minimum Gasteiger partial charge on any atom is -0.350 e. The summed E-state index contributed by atoms with van der Waals surface area (Å²) in [4.78, 5) is 14.1. The van der Waals surface area contributed by atoms with Crippen LogP contribution in [0.3, 0.4) is 0 Å². The van der Waals surface area contributed by atoms with E-state index in [1.54, 1.807) is 11.0 Å². The summed E-state index contributed by atoms with van der Waals surface area (Å²) in [5, 5.41) is 3.79. The van der Waals surface area contributed by atoms with Gasteiger partial charge in [0.05, 0.1) is 12.1 Å². The Morgan fingerprint density at radius 2 is 1.96 bits per heavy atom. The van der Waals surface area contributed by atoms with Crippen molar-refractivity contribution in [1.29, 1.82) is 0 Å². The third kappa shape index (κ3) is 3.40. The van der Waals surface area contributed by atoms with Gasteiger partial charge in [-0.1, -0.05) is 18.2 Å². The average molecular weight is 359 g/mol. The Balaban J connectivity index is 1.64. The quantitative estimate of drug-likeness (QED) is 0.721. The molecule has 2 aromatic heterocycles. The Labute approximate surface area is 147 Å². The van der Waals surface area contributed by atoms with Crippen LogP contribution in [-0.4, -0.2) is 34.0 Å². The molecular weight excluding hydrogens is 343 g/mol. The second-order valence-corrected chi connectivity index (χ2v) is 6.26. The number of para-hydroxylation sites is 1. The average Bonchev–Trinajstić information content (AvgIpc) is 3.00. The summed E-state index contributed by atoms with van der Waals surface area (Å²) in [7, 11) is 0. The van der Waals surface area contributed by atoms with Gasteiger partial charge in [0.15, 0.2) is 0 Å². The van der Waals surface area contributed by atoms with E-state index >= 15 is 0 Å². The van der Waals surface area contributed by atoms with Gasteiger partial charge in [-0.05, 0) is 23.8 Å². The first-order valence-electron chi connectivity index (χ1n) is 8.24. The minimum atomic E-state index is -2.71. The van der Waals surface area contributed by atoms with Crippen molar-refractivity contribution >= 4 is 22.7 Å². The Kier molecular flexibility index (Phi) is 4.10. The predicted octanol–water partition coefficient (Wildman–Crippen LogP) is 3.62. The van der Waals surface area contributed by atoms with Gasteiger partial charge in [-0.3, -0.25) is 0 Å². The van der Waals surface area contributed by atoms with Gasteiger partial charge in [-0.15, -0.1) is 0 Å². The van der Waals surface area contributed by atoms with Crippen LogP contribution in [0.15, 0.2) is 42.6 Å². The third-order valence-electron chi connectivity index (χ3n) is 4.29. The molecule has 3 aromatic rings. The molecule has 1 saturated heterocycles. The van der Waals surface area contributed by atoms with Crippen LogP contribution in [-0.2, 0) is 6.54 Å². The molecule has 1 fully saturated rings. The minimum absolute atomic E-state index is 0.185. The molecule has 0 amide bonds. The number of rotatable bonds is 4. The van der Waals surface area contributed by atoms with E-state index in [2.05, 4.69) is 20.3 Å². The topological polar surface area (TPSA) is 53.9 Å². The summed E-state index contributed by atoms with van der Waals surface area (Å²) < 4.78 is 40.2. The lowest BCUT2D eigenvalue weighted by molar-refractivity contribution is 0.0257. The standard InChI is InChI=1S/C18H16F3N5/c19-15-6-5-12(9-22-15)10-23-17-24-14-4-2-1-3-13(14)16(25-17)26-8-7-18(20,21)11-26/h1-6,9H,7-8,10-11H2,(H,23,24,25). The van der Waals surface area contributed by atoms with Crippen LogP contribution >= 0.6 is 0 Å². The number of hydrogen-bond acceptors (Lipinski definition) is 5.